The topological polar surface area (TPSA) is 45.5 Å². The fraction of sp³-hybridized carbons (Fsp3) is 0.476. The molecule has 0 saturated heterocycles. The van der Waals surface area contributed by atoms with Crippen molar-refractivity contribution in [1.82, 2.24) is 9.47 Å². The second-order valence-electron chi connectivity index (χ2n) is 7.47. The Kier molecular flexibility index (Phi) is 5.28. The maximum absolute atomic E-state index is 12.8. The van der Waals surface area contributed by atoms with Gasteiger partial charge in [0.05, 0.1) is 6.54 Å². The molecule has 1 heterocycles. The van der Waals surface area contributed by atoms with Gasteiger partial charge in [0, 0.05) is 31.4 Å². The number of hydrogen-bond donors (Lipinski definition) is 1. The minimum absolute atomic E-state index is 0.0726. The fourth-order valence-corrected chi connectivity index (χ4v) is 3.95. The molecule has 1 amide bonds. The predicted molar refractivity (Wildman–Crippen MR) is 99.1 cm³/mol. The van der Waals surface area contributed by atoms with Gasteiger partial charge >= 0.3 is 0 Å². The van der Waals surface area contributed by atoms with E-state index in [1.165, 1.54) is 0 Å². The summed E-state index contributed by atoms with van der Waals surface area (Å²) in [4.78, 5) is 14.5. The second-order valence-corrected chi connectivity index (χ2v) is 7.47. The van der Waals surface area contributed by atoms with E-state index in [9.17, 15) is 9.90 Å². The number of carbonyl (C=O) groups is 1. The first-order chi connectivity index (χ1) is 12.0. The van der Waals surface area contributed by atoms with Crippen molar-refractivity contribution in [2.45, 2.75) is 44.2 Å². The Morgan fingerprint density at radius 2 is 1.72 bits per heavy atom. The van der Waals surface area contributed by atoms with Gasteiger partial charge in [-0.05, 0) is 50.3 Å². The lowest BCUT2D eigenvalue weighted by Crippen LogP contribution is -2.43. The Labute approximate surface area is 150 Å². The number of nitrogens with zero attached hydrogens (tertiary/aromatic N) is 2. The van der Waals surface area contributed by atoms with Crippen molar-refractivity contribution in [3.8, 4) is 0 Å². The highest BCUT2D eigenvalue weighted by molar-refractivity contribution is 5.78. The minimum Gasteiger partial charge on any atom is -0.384 e. The van der Waals surface area contributed by atoms with E-state index in [2.05, 4.69) is 29.1 Å². The average Bonchev–Trinajstić information content (AvgIpc) is 3.16. The number of hydrogen-bond acceptors (Lipinski definition) is 2. The first-order valence-electron chi connectivity index (χ1n) is 9.13. The number of aliphatic hydroxyl groups is 1. The van der Waals surface area contributed by atoms with Gasteiger partial charge in [0.25, 0.3) is 0 Å². The van der Waals surface area contributed by atoms with Crippen LogP contribution >= 0.6 is 0 Å². The molecule has 1 aromatic carbocycles. The number of rotatable bonds is 5. The van der Waals surface area contributed by atoms with Crippen LogP contribution in [0.2, 0.25) is 0 Å². The van der Waals surface area contributed by atoms with Crippen molar-refractivity contribution in [3.63, 3.8) is 0 Å². The molecule has 0 spiro atoms. The largest absolute Gasteiger partial charge is 0.384 e. The quantitative estimate of drug-likeness (QED) is 0.904. The molecule has 0 bridgehead atoms. The fourth-order valence-electron chi connectivity index (χ4n) is 3.95. The summed E-state index contributed by atoms with van der Waals surface area (Å²) in [5, 5.41) is 10.8. The molecule has 1 fully saturated rings. The molecule has 4 nitrogen and oxygen atoms in total. The molecular formula is C21H28N2O2. The van der Waals surface area contributed by atoms with Gasteiger partial charge in [0.1, 0.15) is 5.60 Å². The zero-order valence-electron chi connectivity index (χ0n) is 15.1. The van der Waals surface area contributed by atoms with Gasteiger partial charge < -0.3 is 14.6 Å². The normalized spacial score (nSPS) is 23.0. The lowest BCUT2D eigenvalue weighted by atomic mass is 9.84. The maximum Gasteiger partial charge on any atom is 0.225 e. The van der Waals surface area contributed by atoms with Crippen LogP contribution in [0.5, 0.6) is 0 Å². The highest BCUT2D eigenvalue weighted by Crippen LogP contribution is 2.33. The summed E-state index contributed by atoms with van der Waals surface area (Å²) in [7, 11) is 1.80. The minimum atomic E-state index is -1.03. The second kappa shape index (κ2) is 7.44. The summed E-state index contributed by atoms with van der Waals surface area (Å²) in [6, 6.07) is 14.2. The lowest BCUT2D eigenvalue weighted by Gasteiger charge is -2.34. The van der Waals surface area contributed by atoms with Crippen molar-refractivity contribution < 1.29 is 9.90 Å². The van der Waals surface area contributed by atoms with Gasteiger partial charge in [-0.15, -0.1) is 0 Å². The lowest BCUT2D eigenvalue weighted by molar-refractivity contribution is -0.138. The molecule has 4 heteroatoms. The van der Waals surface area contributed by atoms with E-state index in [0.29, 0.717) is 12.6 Å². The van der Waals surface area contributed by atoms with Crippen LogP contribution in [0.1, 0.15) is 44.2 Å². The maximum atomic E-state index is 12.8. The van der Waals surface area contributed by atoms with E-state index in [0.717, 1.165) is 31.2 Å². The Morgan fingerprint density at radius 1 is 1.12 bits per heavy atom. The Bertz CT molecular complexity index is 671. The summed E-state index contributed by atoms with van der Waals surface area (Å²) < 4.78 is 2.25. The van der Waals surface area contributed by atoms with Crippen LogP contribution in [0, 0.1) is 5.92 Å². The number of likely N-dealkylation sites (N-methyl/N-ethyl adjacent to an activating group) is 1. The van der Waals surface area contributed by atoms with Crippen molar-refractivity contribution in [2.75, 3.05) is 13.6 Å². The molecule has 1 unspecified atom stereocenters. The molecule has 3 rings (SSSR count). The summed E-state index contributed by atoms with van der Waals surface area (Å²) in [5.41, 5.74) is -0.195. The van der Waals surface area contributed by atoms with Crippen LogP contribution in [-0.2, 0) is 10.4 Å². The van der Waals surface area contributed by atoms with Gasteiger partial charge in [0.15, 0.2) is 0 Å². The highest BCUT2D eigenvalue weighted by atomic mass is 16.3. The summed E-state index contributed by atoms with van der Waals surface area (Å²) in [5.74, 6) is 0.227. The molecular weight excluding hydrogens is 312 g/mol. The molecule has 0 aliphatic heterocycles. The number of aromatic nitrogens is 1. The highest BCUT2D eigenvalue weighted by Gasteiger charge is 2.32. The van der Waals surface area contributed by atoms with Crippen molar-refractivity contribution in [1.29, 1.82) is 0 Å². The van der Waals surface area contributed by atoms with E-state index < -0.39 is 5.60 Å². The first kappa shape index (κ1) is 17.7. The van der Waals surface area contributed by atoms with Crippen LogP contribution in [-0.4, -0.2) is 34.1 Å². The molecule has 25 heavy (non-hydrogen) atoms. The molecule has 0 radical (unpaired) electrons. The third kappa shape index (κ3) is 4.13. The SMILES string of the molecule is CN(CC(C)(O)c1ccccc1)C(=O)C1CCC(n2cccc2)CC1. The van der Waals surface area contributed by atoms with E-state index in [1.807, 2.05) is 30.3 Å². The van der Waals surface area contributed by atoms with Crippen molar-refractivity contribution in [2.24, 2.45) is 5.92 Å². The zero-order valence-corrected chi connectivity index (χ0v) is 15.1. The molecule has 1 N–H and O–H groups in total. The Morgan fingerprint density at radius 3 is 2.32 bits per heavy atom. The van der Waals surface area contributed by atoms with Gasteiger partial charge in [-0.25, -0.2) is 0 Å². The van der Waals surface area contributed by atoms with Gasteiger partial charge in [-0.2, -0.15) is 0 Å². The molecule has 134 valence electrons. The molecule has 1 aliphatic rings. The van der Waals surface area contributed by atoms with Crippen LogP contribution in [0.25, 0.3) is 0 Å². The van der Waals surface area contributed by atoms with Crippen LogP contribution < -0.4 is 0 Å². The number of benzene rings is 1. The standard InChI is InChI=1S/C21H28N2O2/c1-21(25,18-8-4-3-5-9-18)16-22(2)20(24)17-10-12-19(13-11-17)23-14-6-7-15-23/h3-9,14-15,17,19,25H,10-13,16H2,1-2H3. The van der Waals surface area contributed by atoms with Crippen LogP contribution in [0.15, 0.2) is 54.9 Å². The smallest absolute Gasteiger partial charge is 0.225 e. The monoisotopic (exact) mass is 340 g/mol. The summed E-state index contributed by atoms with van der Waals surface area (Å²) in [6.45, 7) is 2.09. The molecule has 2 aromatic rings. The van der Waals surface area contributed by atoms with Gasteiger partial charge in [-0.3, -0.25) is 4.79 Å². The van der Waals surface area contributed by atoms with Crippen LogP contribution in [0.4, 0.5) is 0 Å². The number of carbonyl (C=O) groups excluding carboxylic acids is 1. The van der Waals surface area contributed by atoms with Gasteiger partial charge in [0.2, 0.25) is 5.91 Å². The van der Waals surface area contributed by atoms with E-state index in [-0.39, 0.29) is 11.8 Å². The first-order valence-corrected chi connectivity index (χ1v) is 9.13. The number of amides is 1. The molecule has 1 aromatic heterocycles. The molecule has 1 saturated carbocycles. The third-order valence-electron chi connectivity index (χ3n) is 5.41. The van der Waals surface area contributed by atoms with E-state index >= 15 is 0 Å². The Balaban J connectivity index is 1.56. The van der Waals surface area contributed by atoms with Gasteiger partial charge in [-0.1, -0.05) is 30.3 Å². The predicted octanol–water partition coefficient (Wildman–Crippen LogP) is 3.59. The van der Waals surface area contributed by atoms with E-state index in [4.69, 9.17) is 0 Å². The molecule has 1 atom stereocenters. The molecule has 1 aliphatic carbocycles. The van der Waals surface area contributed by atoms with Crippen LogP contribution in [0.3, 0.4) is 0 Å². The Hall–Kier alpha value is -2.07. The summed E-state index contributed by atoms with van der Waals surface area (Å²) in [6.07, 6.45) is 8.12. The zero-order chi connectivity index (χ0) is 17.9. The van der Waals surface area contributed by atoms with E-state index in [1.54, 1.807) is 18.9 Å². The average molecular weight is 340 g/mol. The summed E-state index contributed by atoms with van der Waals surface area (Å²) >= 11 is 0. The van der Waals surface area contributed by atoms with Crippen molar-refractivity contribution >= 4 is 5.91 Å². The van der Waals surface area contributed by atoms with Crippen molar-refractivity contribution in [3.05, 3.63) is 60.4 Å². The third-order valence-corrected chi connectivity index (χ3v) is 5.41.